The molecule has 8 nitrogen and oxygen atoms in total. The number of carbonyl (C=O) groups is 2. The van der Waals surface area contributed by atoms with E-state index in [4.69, 9.17) is 15.3 Å². The van der Waals surface area contributed by atoms with Crippen LogP contribution in [0.4, 0.5) is 0 Å². The third kappa shape index (κ3) is 2.90. The molecule has 3 unspecified atom stereocenters. The Morgan fingerprint density at radius 2 is 2.23 bits per heavy atom. The molecule has 3 heterocycles. The van der Waals surface area contributed by atoms with Crippen LogP contribution in [0.3, 0.4) is 0 Å². The van der Waals surface area contributed by atoms with Gasteiger partial charge in [0.05, 0.1) is 24.9 Å². The highest BCUT2D eigenvalue weighted by Crippen LogP contribution is 2.25. The minimum atomic E-state index is -0.617. The van der Waals surface area contributed by atoms with Crippen LogP contribution in [0.1, 0.15) is 18.4 Å². The predicted octanol–water partition coefficient (Wildman–Crippen LogP) is -0.0414. The van der Waals surface area contributed by atoms with Gasteiger partial charge >= 0.3 is 0 Å². The zero-order valence-electron chi connectivity index (χ0n) is 14.6. The Kier molecular flexibility index (Phi) is 4.28. The monoisotopic (exact) mass is 358 g/mol. The molecule has 2 saturated heterocycles. The summed E-state index contributed by atoms with van der Waals surface area (Å²) in [5.41, 5.74) is 7.46. The first-order valence-electron chi connectivity index (χ1n) is 8.79. The Labute approximate surface area is 151 Å². The van der Waals surface area contributed by atoms with Gasteiger partial charge in [0.25, 0.3) is 5.91 Å². The molecule has 2 fully saturated rings. The standard InChI is InChI=1S/C18H22N4O4/c1-25-13-4-2-3-11(7-13)15-9-16(26-20-15)18(24)21-5-6-22-12(10-21)8-14(19)17(22)23/h2-4,7,12,14,16H,5-6,8-10,19H2,1H3. The predicted molar refractivity (Wildman–Crippen MR) is 93.7 cm³/mol. The van der Waals surface area contributed by atoms with Crippen molar-refractivity contribution in [2.24, 2.45) is 10.9 Å². The molecular formula is C18H22N4O4. The molecule has 0 bridgehead atoms. The molecule has 0 aromatic heterocycles. The molecule has 4 rings (SSSR count). The van der Waals surface area contributed by atoms with E-state index in [1.165, 1.54) is 0 Å². The first-order valence-corrected chi connectivity index (χ1v) is 8.79. The van der Waals surface area contributed by atoms with E-state index in [2.05, 4.69) is 5.16 Å². The number of nitrogens with zero attached hydrogens (tertiary/aromatic N) is 3. The minimum absolute atomic E-state index is 0.00961. The molecule has 2 amide bonds. The van der Waals surface area contributed by atoms with Gasteiger partial charge in [-0.15, -0.1) is 0 Å². The molecule has 1 aromatic carbocycles. The first-order chi connectivity index (χ1) is 12.6. The van der Waals surface area contributed by atoms with Gasteiger partial charge in [-0.05, 0) is 18.6 Å². The Hall–Kier alpha value is -2.61. The summed E-state index contributed by atoms with van der Waals surface area (Å²) in [6, 6.07) is 7.10. The topological polar surface area (TPSA) is 97.5 Å². The van der Waals surface area contributed by atoms with Crippen molar-refractivity contribution in [2.75, 3.05) is 26.7 Å². The number of carbonyl (C=O) groups excluding carboxylic acids is 2. The molecule has 3 aliphatic heterocycles. The van der Waals surface area contributed by atoms with E-state index in [1.54, 1.807) is 16.9 Å². The van der Waals surface area contributed by atoms with Gasteiger partial charge in [0, 0.05) is 31.6 Å². The fraction of sp³-hybridized carbons (Fsp3) is 0.500. The van der Waals surface area contributed by atoms with Crippen molar-refractivity contribution in [2.45, 2.75) is 31.0 Å². The molecule has 0 aliphatic carbocycles. The van der Waals surface area contributed by atoms with E-state index in [-0.39, 0.29) is 17.9 Å². The molecule has 3 atom stereocenters. The van der Waals surface area contributed by atoms with Crippen LogP contribution in [0, 0.1) is 0 Å². The van der Waals surface area contributed by atoms with Crippen molar-refractivity contribution in [1.82, 2.24) is 9.80 Å². The second-order valence-corrected chi connectivity index (χ2v) is 6.88. The van der Waals surface area contributed by atoms with Gasteiger partial charge in [0.1, 0.15) is 5.75 Å². The highest BCUT2D eigenvalue weighted by atomic mass is 16.6. The quantitative estimate of drug-likeness (QED) is 0.818. The Morgan fingerprint density at radius 1 is 1.38 bits per heavy atom. The van der Waals surface area contributed by atoms with Crippen molar-refractivity contribution in [3.8, 4) is 5.75 Å². The minimum Gasteiger partial charge on any atom is -0.497 e. The van der Waals surface area contributed by atoms with Crippen LogP contribution in [0.5, 0.6) is 5.75 Å². The van der Waals surface area contributed by atoms with Crippen LogP contribution in [0.25, 0.3) is 0 Å². The smallest absolute Gasteiger partial charge is 0.267 e. The Balaban J connectivity index is 1.39. The summed E-state index contributed by atoms with van der Waals surface area (Å²) in [5.74, 6) is 0.639. The van der Waals surface area contributed by atoms with E-state index >= 15 is 0 Å². The average molecular weight is 358 g/mol. The van der Waals surface area contributed by atoms with Crippen molar-refractivity contribution < 1.29 is 19.2 Å². The van der Waals surface area contributed by atoms with Gasteiger partial charge in [0.15, 0.2) is 0 Å². The van der Waals surface area contributed by atoms with Crippen molar-refractivity contribution in [1.29, 1.82) is 0 Å². The van der Waals surface area contributed by atoms with Crippen LogP contribution in [-0.4, -0.2) is 72.3 Å². The normalized spacial score (nSPS) is 27.8. The molecule has 26 heavy (non-hydrogen) atoms. The van der Waals surface area contributed by atoms with E-state index in [1.807, 2.05) is 24.3 Å². The van der Waals surface area contributed by atoms with Crippen LogP contribution < -0.4 is 10.5 Å². The fourth-order valence-electron chi connectivity index (χ4n) is 3.84. The Morgan fingerprint density at radius 3 is 3.04 bits per heavy atom. The maximum atomic E-state index is 12.8. The van der Waals surface area contributed by atoms with Crippen molar-refractivity contribution in [3.05, 3.63) is 29.8 Å². The van der Waals surface area contributed by atoms with Crippen LogP contribution in [-0.2, 0) is 14.4 Å². The maximum Gasteiger partial charge on any atom is 0.267 e. The van der Waals surface area contributed by atoms with E-state index in [0.29, 0.717) is 32.5 Å². The summed E-state index contributed by atoms with van der Waals surface area (Å²) < 4.78 is 5.23. The number of hydrogen-bond donors (Lipinski definition) is 1. The summed E-state index contributed by atoms with van der Waals surface area (Å²) in [7, 11) is 1.61. The molecule has 0 saturated carbocycles. The summed E-state index contributed by atoms with van der Waals surface area (Å²) >= 11 is 0. The van der Waals surface area contributed by atoms with Crippen LogP contribution in [0.2, 0.25) is 0 Å². The molecular weight excluding hydrogens is 336 g/mol. The summed E-state index contributed by atoms with van der Waals surface area (Å²) in [6.07, 6.45) is 0.406. The van der Waals surface area contributed by atoms with Gasteiger partial charge in [0.2, 0.25) is 12.0 Å². The second-order valence-electron chi connectivity index (χ2n) is 6.88. The Bertz CT molecular complexity index is 765. The zero-order chi connectivity index (χ0) is 18.3. The van der Waals surface area contributed by atoms with Gasteiger partial charge in [-0.1, -0.05) is 17.3 Å². The summed E-state index contributed by atoms with van der Waals surface area (Å²) in [5, 5.41) is 4.10. The lowest BCUT2D eigenvalue weighted by Crippen LogP contribution is -2.55. The summed E-state index contributed by atoms with van der Waals surface area (Å²) in [6.45, 7) is 1.54. The lowest BCUT2D eigenvalue weighted by atomic mass is 10.0. The van der Waals surface area contributed by atoms with E-state index < -0.39 is 12.1 Å². The molecule has 2 N–H and O–H groups in total. The number of amides is 2. The van der Waals surface area contributed by atoms with Crippen molar-refractivity contribution in [3.63, 3.8) is 0 Å². The van der Waals surface area contributed by atoms with Crippen molar-refractivity contribution >= 4 is 17.5 Å². The highest BCUT2D eigenvalue weighted by Gasteiger charge is 2.43. The van der Waals surface area contributed by atoms with Gasteiger partial charge in [-0.3, -0.25) is 9.59 Å². The number of fused-ring (bicyclic) bond motifs is 1. The van der Waals surface area contributed by atoms with Gasteiger partial charge in [-0.2, -0.15) is 0 Å². The molecule has 8 heteroatoms. The number of methoxy groups -OCH3 is 1. The van der Waals surface area contributed by atoms with E-state index in [9.17, 15) is 9.59 Å². The van der Waals surface area contributed by atoms with Gasteiger partial charge in [-0.25, -0.2) is 0 Å². The number of hydrogen-bond acceptors (Lipinski definition) is 6. The van der Waals surface area contributed by atoms with Crippen LogP contribution in [0.15, 0.2) is 29.4 Å². The average Bonchev–Trinajstić information content (AvgIpc) is 3.26. The molecule has 1 aromatic rings. The molecule has 0 spiro atoms. The number of nitrogens with two attached hydrogens (primary N) is 1. The highest BCUT2D eigenvalue weighted by molar-refractivity contribution is 6.04. The van der Waals surface area contributed by atoms with Gasteiger partial charge < -0.3 is 25.1 Å². The van der Waals surface area contributed by atoms with E-state index in [0.717, 1.165) is 17.0 Å². The fourth-order valence-corrected chi connectivity index (χ4v) is 3.84. The zero-order valence-corrected chi connectivity index (χ0v) is 14.6. The molecule has 0 radical (unpaired) electrons. The number of ether oxygens (including phenoxy) is 1. The third-order valence-electron chi connectivity index (χ3n) is 5.27. The molecule has 138 valence electrons. The lowest BCUT2D eigenvalue weighted by Gasteiger charge is -2.37. The maximum absolute atomic E-state index is 12.8. The summed E-state index contributed by atoms with van der Waals surface area (Å²) in [4.78, 5) is 33.8. The number of oxime groups is 1. The third-order valence-corrected chi connectivity index (χ3v) is 5.27. The SMILES string of the molecule is COc1cccc(C2=NOC(C(=O)N3CCN4C(=O)C(N)CC4C3)C2)c1. The first kappa shape index (κ1) is 16.8. The number of benzene rings is 1. The van der Waals surface area contributed by atoms with Crippen LogP contribution >= 0.6 is 0 Å². The second kappa shape index (κ2) is 6.60. The largest absolute Gasteiger partial charge is 0.497 e. The molecule has 3 aliphatic rings. The number of rotatable bonds is 3. The lowest BCUT2D eigenvalue weighted by molar-refractivity contribution is -0.147. The number of piperazine rings is 1.